The van der Waals surface area contributed by atoms with Gasteiger partial charge < -0.3 is 10.0 Å². The number of nitrogens with zero attached hydrogens (tertiary/aromatic N) is 5. The Kier molecular flexibility index (Phi) is 3.81. The fraction of sp³-hybridized carbons (Fsp3) is 0.400. The lowest BCUT2D eigenvalue weighted by Gasteiger charge is -2.30. The van der Waals surface area contributed by atoms with Crippen molar-refractivity contribution in [3.8, 4) is 11.4 Å². The fourth-order valence-electron chi connectivity index (χ4n) is 2.80. The summed E-state index contributed by atoms with van der Waals surface area (Å²) in [5, 5.41) is 21.4. The van der Waals surface area contributed by atoms with Gasteiger partial charge in [-0.05, 0) is 25.0 Å². The molecule has 1 saturated heterocycles. The molecule has 0 bridgehead atoms. The van der Waals surface area contributed by atoms with Gasteiger partial charge in [-0.25, -0.2) is 4.79 Å². The first-order valence-corrected chi connectivity index (χ1v) is 7.38. The Hall–Kier alpha value is -2.77. The van der Waals surface area contributed by atoms with Crippen LogP contribution in [-0.4, -0.2) is 54.2 Å². The molecule has 1 aromatic heterocycles. The number of carboxylic acid groups (broad SMARTS) is 1. The van der Waals surface area contributed by atoms with Crippen LogP contribution in [0.15, 0.2) is 30.3 Å². The Morgan fingerprint density at radius 1 is 1.30 bits per heavy atom. The van der Waals surface area contributed by atoms with Crippen LogP contribution in [0.1, 0.15) is 19.8 Å². The number of hydrogen-bond donors (Lipinski definition) is 1. The van der Waals surface area contributed by atoms with Crippen molar-refractivity contribution in [2.24, 2.45) is 0 Å². The third-order valence-corrected chi connectivity index (χ3v) is 4.16. The first kappa shape index (κ1) is 15.1. The van der Waals surface area contributed by atoms with Crippen LogP contribution in [-0.2, 0) is 16.1 Å². The SMILES string of the molecule is CC1(C(=O)O)CCCN1C(=O)Cn1nnc(-c2ccccc2)n1. The minimum absolute atomic E-state index is 0.122. The Balaban J connectivity index is 1.74. The molecule has 1 aromatic carbocycles. The van der Waals surface area contributed by atoms with E-state index in [1.54, 1.807) is 6.92 Å². The summed E-state index contributed by atoms with van der Waals surface area (Å²) >= 11 is 0. The van der Waals surface area contributed by atoms with Crippen LogP contribution in [0.2, 0.25) is 0 Å². The number of aromatic nitrogens is 4. The number of carboxylic acids is 1. The van der Waals surface area contributed by atoms with Crippen molar-refractivity contribution in [3.63, 3.8) is 0 Å². The molecule has 3 rings (SSSR count). The highest BCUT2D eigenvalue weighted by Crippen LogP contribution is 2.29. The van der Waals surface area contributed by atoms with Gasteiger partial charge >= 0.3 is 5.97 Å². The zero-order valence-electron chi connectivity index (χ0n) is 12.7. The van der Waals surface area contributed by atoms with Crippen LogP contribution in [0.3, 0.4) is 0 Å². The zero-order valence-corrected chi connectivity index (χ0v) is 12.7. The van der Waals surface area contributed by atoms with E-state index in [1.807, 2.05) is 30.3 Å². The smallest absolute Gasteiger partial charge is 0.329 e. The molecule has 2 aromatic rings. The Bertz CT molecular complexity index is 730. The lowest BCUT2D eigenvalue weighted by molar-refractivity contribution is -0.155. The minimum atomic E-state index is -1.15. The fourth-order valence-corrected chi connectivity index (χ4v) is 2.80. The molecule has 2 heterocycles. The second-order valence-electron chi connectivity index (χ2n) is 5.74. The van der Waals surface area contributed by atoms with E-state index >= 15 is 0 Å². The number of likely N-dealkylation sites (tertiary alicyclic amines) is 1. The monoisotopic (exact) mass is 315 g/mol. The molecule has 1 unspecified atom stereocenters. The summed E-state index contributed by atoms with van der Waals surface area (Å²) in [6, 6.07) is 9.32. The topological polar surface area (TPSA) is 101 Å². The zero-order chi connectivity index (χ0) is 16.4. The molecule has 1 aliphatic heterocycles. The number of tetrazole rings is 1. The van der Waals surface area contributed by atoms with Gasteiger partial charge in [0, 0.05) is 12.1 Å². The van der Waals surface area contributed by atoms with Crippen LogP contribution in [0.5, 0.6) is 0 Å². The molecule has 1 aliphatic rings. The van der Waals surface area contributed by atoms with Gasteiger partial charge in [0.1, 0.15) is 12.1 Å². The van der Waals surface area contributed by atoms with Crippen molar-refractivity contribution in [2.45, 2.75) is 31.8 Å². The lowest BCUT2D eigenvalue weighted by Crippen LogP contribution is -2.51. The minimum Gasteiger partial charge on any atom is -0.480 e. The highest BCUT2D eigenvalue weighted by molar-refractivity contribution is 5.87. The molecular weight excluding hydrogens is 298 g/mol. The normalized spacial score (nSPS) is 20.7. The van der Waals surface area contributed by atoms with E-state index in [2.05, 4.69) is 15.4 Å². The maximum atomic E-state index is 12.4. The van der Waals surface area contributed by atoms with Gasteiger partial charge in [-0.3, -0.25) is 4.79 Å². The molecule has 1 atom stereocenters. The first-order valence-electron chi connectivity index (χ1n) is 7.38. The second-order valence-corrected chi connectivity index (χ2v) is 5.74. The van der Waals surface area contributed by atoms with Crippen LogP contribution in [0.4, 0.5) is 0 Å². The second kappa shape index (κ2) is 5.79. The molecule has 1 N–H and O–H groups in total. The largest absolute Gasteiger partial charge is 0.480 e. The summed E-state index contributed by atoms with van der Waals surface area (Å²) in [6.45, 7) is 1.88. The van der Waals surface area contributed by atoms with E-state index in [-0.39, 0.29) is 12.5 Å². The highest BCUT2D eigenvalue weighted by Gasteiger charge is 2.45. The number of rotatable bonds is 4. The van der Waals surface area contributed by atoms with Crippen LogP contribution in [0, 0.1) is 0 Å². The molecule has 1 fully saturated rings. The van der Waals surface area contributed by atoms with Crippen LogP contribution < -0.4 is 0 Å². The van der Waals surface area contributed by atoms with E-state index in [9.17, 15) is 14.7 Å². The summed E-state index contributed by atoms with van der Waals surface area (Å²) in [5.74, 6) is -0.870. The predicted octanol–water partition coefficient (Wildman–Crippen LogP) is 0.806. The standard InChI is InChI=1S/C15H17N5O3/c1-15(14(22)23)8-5-9-19(15)12(21)10-20-17-13(16-18-20)11-6-3-2-4-7-11/h2-4,6-7H,5,8-10H2,1H3,(H,22,23). The number of carbonyl (C=O) groups is 2. The average Bonchev–Trinajstić information content (AvgIpc) is 3.15. The predicted molar refractivity (Wildman–Crippen MR) is 80.2 cm³/mol. The molecule has 8 heteroatoms. The van der Waals surface area contributed by atoms with Gasteiger partial charge in [-0.15, -0.1) is 10.2 Å². The van der Waals surface area contributed by atoms with E-state index in [0.717, 1.165) is 5.56 Å². The van der Waals surface area contributed by atoms with Gasteiger partial charge in [0.25, 0.3) is 0 Å². The molecule has 0 saturated carbocycles. The number of hydrogen-bond acceptors (Lipinski definition) is 5. The molecule has 0 spiro atoms. The molecule has 23 heavy (non-hydrogen) atoms. The Labute approximate surface area is 132 Å². The van der Waals surface area contributed by atoms with Crippen molar-refractivity contribution >= 4 is 11.9 Å². The van der Waals surface area contributed by atoms with Crippen molar-refractivity contribution in [3.05, 3.63) is 30.3 Å². The van der Waals surface area contributed by atoms with Crippen molar-refractivity contribution in [1.82, 2.24) is 25.1 Å². The molecule has 1 amide bonds. The van der Waals surface area contributed by atoms with E-state index in [1.165, 1.54) is 9.70 Å². The summed E-state index contributed by atoms with van der Waals surface area (Å²) in [5.41, 5.74) is -0.345. The van der Waals surface area contributed by atoms with Crippen LogP contribution in [0.25, 0.3) is 11.4 Å². The lowest BCUT2D eigenvalue weighted by atomic mass is 9.99. The van der Waals surface area contributed by atoms with Crippen LogP contribution >= 0.6 is 0 Å². The van der Waals surface area contributed by atoms with Crippen molar-refractivity contribution < 1.29 is 14.7 Å². The molecule has 0 aliphatic carbocycles. The van der Waals surface area contributed by atoms with Crippen molar-refractivity contribution in [1.29, 1.82) is 0 Å². The Morgan fingerprint density at radius 3 is 2.74 bits per heavy atom. The van der Waals surface area contributed by atoms with Crippen molar-refractivity contribution in [2.75, 3.05) is 6.54 Å². The number of benzene rings is 1. The maximum Gasteiger partial charge on any atom is 0.329 e. The first-order chi connectivity index (χ1) is 11.0. The number of carbonyl (C=O) groups excluding carboxylic acids is 1. The average molecular weight is 315 g/mol. The number of aliphatic carboxylic acids is 1. The summed E-state index contributed by atoms with van der Waals surface area (Å²) < 4.78 is 0. The molecule has 120 valence electrons. The van der Waals surface area contributed by atoms with Gasteiger partial charge in [0.05, 0.1) is 0 Å². The molecular formula is C15H17N5O3. The third-order valence-electron chi connectivity index (χ3n) is 4.16. The van der Waals surface area contributed by atoms with E-state index < -0.39 is 11.5 Å². The number of amides is 1. The van der Waals surface area contributed by atoms with Gasteiger partial charge in [0.15, 0.2) is 0 Å². The van der Waals surface area contributed by atoms with E-state index in [4.69, 9.17) is 0 Å². The quantitative estimate of drug-likeness (QED) is 0.896. The highest BCUT2D eigenvalue weighted by atomic mass is 16.4. The van der Waals surface area contributed by atoms with Gasteiger partial charge in [-0.1, -0.05) is 30.3 Å². The van der Waals surface area contributed by atoms with Gasteiger partial charge in [0.2, 0.25) is 11.7 Å². The maximum absolute atomic E-state index is 12.4. The molecule has 8 nitrogen and oxygen atoms in total. The Morgan fingerprint density at radius 2 is 2.04 bits per heavy atom. The van der Waals surface area contributed by atoms with E-state index in [0.29, 0.717) is 25.2 Å². The summed E-state index contributed by atoms with van der Waals surface area (Å²) in [7, 11) is 0. The molecule has 0 radical (unpaired) electrons. The van der Waals surface area contributed by atoms with Gasteiger partial charge in [-0.2, -0.15) is 4.80 Å². The third kappa shape index (κ3) is 2.79. The summed E-state index contributed by atoms with van der Waals surface area (Å²) in [4.78, 5) is 26.4. The summed E-state index contributed by atoms with van der Waals surface area (Å²) in [6.07, 6.45) is 1.13.